The number of alkyl halides is 3. The molecule has 4 rings (SSSR count). The second kappa shape index (κ2) is 8.34. The van der Waals surface area contributed by atoms with E-state index in [2.05, 4.69) is 10.2 Å². The van der Waals surface area contributed by atoms with Crippen LogP contribution in [0.4, 0.5) is 17.6 Å². The highest BCUT2D eigenvalue weighted by atomic mass is 19.4. The van der Waals surface area contributed by atoms with Crippen LogP contribution >= 0.6 is 0 Å². The molecule has 1 fully saturated rings. The van der Waals surface area contributed by atoms with Gasteiger partial charge < -0.3 is 9.73 Å². The largest absolute Gasteiger partial charge is 0.451 e. The molecule has 1 aliphatic heterocycles. The standard InChI is InChI=1S/C23H22F4N2O2/c1-14-19-12-17(24)5-6-20(19)31-21(14)22(30)28-18-7-9-29(10-8-18)13-15-3-2-4-16(11-15)23(25,26)27/h2-6,11-12,18H,7-10,13H2,1H3,(H,28,30). The number of halogens is 4. The molecule has 0 bridgehead atoms. The fraction of sp³-hybridized carbons (Fsp3) is 0.348. The maximum atomic E-state index is 13.5. The highest BCUT2D eigenvalue weighted by molar-refractivity contribution is 5.99. The van der Waals surface area contributed by atoms with Gasteiger partial charge in [-0.25, -0.2) is 4.39 Å². The topological polar surface area (TPSA) is 45.5 Å². The van der Waals surface area contributed by atoms with E-state index < -0.39 is 17.6 Å². The van der Waals surface area contributed by atoms with Gasteiger partial charge in [0.2, 0.25) is 0 Å². The predicted octanol–water partition coefficient (Wildman–Crippen LogP) is 5.29. The van der Waals surface area contributed by atoms with Crippen LogP contribution in [0, 0.1) is 12.7 Å². The number of carbonyl (C=O) groups is 1. The zero-order valence-electron chi connectivity index (χ0n) is 16.9. The van der Waals surface area contributed by atoms with Crippen LogP contribution in [0.5, 0.6) is 0 Å². The lowest BCUT2D eigenvalue weighted by Crippen LogP contribution is -2.44. The van der Waals surface area contributed by atoms with Crippen LogP contribution in [0.1, 0.15) is 40.1 Å². The summed E-state index contributed by atoms with van der Waals surface area (Å²) >= 11 is 0. The van der Waals surface area contributed by atoms with Gasteiger partial charge >= 0.3 is 6.18 Å². The summed E-state index contributed by atoms with van der Waals surface area (Å²) in [6.07, 6.45) is -2.99. The van der Waals surface area contributed by atoms with Crippen molar-refractivity contribution >= 4 is 16.9 Å². The van der Waals surface area contributed by atoms with Gasteiger partial charge in [0.25, 0.3) is 5.91 Å². The van der Waals surface area contributed by atoms with Gasteiger partial charge in [0.1, 0.15) is 11.4 Å². The van der Waals surface area contributed by atoms with Gasteiger partial charge in [-0.05, 0) is 49.6 Å². The number of aryl methyl sites for hydroxylation is 1. The molecule has 0 saturated carbocycles. The molecule has 1 aromatic heterocycles. The molecule has 164 valence electrons. The van der Waals surface area contributed by atoms with E-state index in [1.165, 1.54) is 30.3 Å². The van der Waals surface area contributed by atoms with Crippen molar-refractivity contribution in [2.24, 2.45) is 0 Å². The van der Waals surface area contributed by atoms with Crippen LogP contribution in [-0.4, -0.2) is 29.9 Å². The first-order chi connectivity index (χ1) is 14.7. The number of piperidine rings is 1. The number of hydrogen-bond donors (Lipinski definition) is 1. The average Bonchev–Trinajstić information content (AvgIpc) is 3.05. The van der Waals surface area contributed by atoms with Crippen molar-refractivity contribution in [1.82, 2.24) is 10.2 Å². The highest BCUT2D eigenvalue weighted by Crippen LogP contribution is 2.30. The molecule has 1 amide bonds. The van der Waals surface area contributed by atoms with Crippen LogP contribution in [0.3, 0.4) is 0 Å². The molecule has 2 aromatic carbocycles. The van der Waals surface area contributed by atoms with E-state index >= 15 is 0 Å². The fourth-order valence-corrected chi connectivity index (χ4v) is 4.00. The summed E-state index contributed by atoms with van der Waals surface area (Å²) in [5.74, 6) is -0.561. The monoisotopic (exact) mass is 434 g/mol. The van der Waals surface area contributed by atoms with Crippen molar-refractivity contribution in [2.75, 3.05) is 13.1 Å². The molecule has 2 heterocycles. The lowest BCUT2D eigenvalue weighted by atomic mass is 10.0. The Morgan fingerprint density at radius 1 is 1.16 bits per heavy atom. The maximum Gasteiger partial charge on any atom is 0.416 e. The van der Waals surface area contributed by atoms with E-state index in [4.69, 9.17) is 4.42 Å². The van der Waals surface area contributed by atoms with Gasteiger partial charge in [0.15, 0.2) is 5.76 Å². The zero-order valence-corrected chi connectivity index (χ0v) is 16.9. The first kappa shape index (κ1) is 21.4. The molecule has 0 radical (unpaired) electrons. The fourth-order valence-electron chi connectivity index (χ4n) is 4.00. The maximum absolute atomic E-state index is 13.5. The minimum Gasteiger partial charge on any atom is -0.451 e. The zero-order chi connectivity index (χ0) is 22.2. The number of furan rings is 1. The van der Waals surface area contributed by atoms with Gasteiger partial charge in [0, 0.05) is 36.6 Å². The third-order valence-corrected chi connectivity index (χ3v) is 5.69. The Morgan fingerprint density at radius 2 is 1.90 bits per heavy atom. The van der Waals surface area contributed by atoms with Crippen molar-refractivity contribution in [1.29, 1.82) is 0 Å². The summed E-state index contributed by atoms with van der Waals surface area (Å²) in [5, 5.41) is 3.53. The molecule has 3 aromatic rings. The molecule has 1 saturated heterocycles. The van der Waals surface area contributed by atoms with Crippen LogP contribution in [0.2, 0.25) is 0 Å². The van der Waals surface area contributed by atoms with E-state index in [0.29, 0.717) is 54.6 Å². The summed E-state index contributed by atoms with van der Waals surface area (Å²) in [6.45, 7) is 3.47. The molecule has 0 aliphatic carbocycles. The van der Waals surface area contributed by atoms with Crippen LogP contribution in [0.15, 0.2) is 46.9 Å². The van der Waals surface area contributed by atoms with Crippen molar-refractivity contribution in [3.05, 3.63) is 70.7 Å². The Morgan fingerprint density at radius 3 is 2.61 bits per heavy atom. The number of amides is 1. The number of nitrogens with one attached hydrogen (secondary N) is 1. The lowest BCUT2D eigenvalue weighted by Gasteiger charge is -2.32. The first-order valence-corrected chi connectivity index (χ1v) is 10.1. The Hall–Kier alpha value is -2.87. The molecule has 0 atom stereocenters. The third-order valence-electron chi connectivity index (χ3n) is 5.69. The Balaban J connectivity index is 1.34. The molecule has 4 nitrogen and oxygen atoms in total. The number of rotatable bonds is 4. The van der Waals surface area contributed by atoms with Crippen LogP contribution in [0.25, 0.3) is 11.0 Å². The van der Waals surface area contributed by atoms with Crippen molar-refractivity contribution in [3.63, 3.8) is 0 Å². The normalized spacial score (nSPS) is 16.0. The summed E-state index contributed by atoms with van der Waals surface area (Å²) in [6, 6.07) is 9.43. The SMILES string of the molecule is Cc1c(C(=O)NC2CCN(Cc3cccc(C(F)(F)F)c3)CC2)oc2ccc(F)cc12. The molecular weight excluding hydrogens is 412 g/mol. The van der Waals surface area contributed by atoms with Gasteiger partial charge in [0.05, 0.1) is 5.56 Å². The smallest absolute Gasteiger partial charge is 0.416 e. The predicted molar refractivity (Wildman–Crippen MR) is 108 cm³/mol. The van der Waals surface area contributed by atoms with Crippen LogP contribution < -0.4 is 5.32 Å². The van der Waals surface area contributed by atoms with E-state index in [-0.39, 0.29) is 17.7 Å². The van der Waals surface area contributed by atoms with Gasteiger partial charge in [-0.1, -0.05) is 18.2 Å². The number of benzene rings is 2. The number of fused-ring (bicyclic) bond motifs is 1. The van der Waals surface area contributed by atoms with E-state index in [9.17, 15) is 22.4 Å². The molecule has 0 spiro atoms. The Labute approximate surface area is 176 Å². The van der Waals surface area contributed by atoms with E-state index in [0.717, 1.165) is 6.07 Å². The summed E-state index contributed by atoms with van der Waals surface area (Å²) in [5.41, 5.74) is 1.02. The molecule has 0 unspecified atom stereocenters. The minimum atomic E-state index is -4.35. The number of likely N-dealkylation sites (tertiary alicyclic amines) is 1. The quantitative estimate of drug-likeness (QED) is 0.568. The summed E-state index contributed by atoms with van der Waals surface area (Å²) in [4.78, 5) is 14.8. The lowest BCUT2D eigenvalue weighted by molar-refractivity contribution is -0.137. The third kappa shape index (κ3) is 4.74. The van der Waals surface area contributed by atoms with Crippen LogP contribution in [-0.2, 0) is 12.7 Å². The Kier molecular flexibility index (Phi) is 5.75. The average molecular weight is 434 g/mol. The first-order valence-electron chi connectivity index (χ1n) is 10.1. The molecular formula is C23H22F4N2O2. The second-order valence-corrected chi connectivity index (χ2v) is 7.92. The molecule has 1 aliphatic rings. The van der Waals surface area contributed by atoms with Crippen molar-refractivity contribution in [3.8, 4) is 0 Å². The Bertz CT molecular complexity index is 1100. The van der Waals surface area contributed by atoms with Gasteiger partial charge in [-0.15, -0.1) is 0 Å². The summed E-state index contributed by atoms with van der Waals surface area (Å²) in [7, 11) is 0. The molecule has 1 N–H and O–H groups in total. The van der Waals surface area contributed by atoms with Crippen molar-refractivity contribution in [2.45, 2.75) is 38.5 Å². The van der Waals surface area contributed by atoms with E-state index in [1.807, 2.05) is 0 Å². The van der Waals surface area contributed by atoms with Crippen molar-refractivity contribution < 1.29 is 26.8 Å². The summed E-state index contributed by atoms with van der Waals surface area (Å²) < 4.78 is 57.8. The van der Waals surface area contributed by atoms with Gasteiger partial charge in [-0.2, -0.15) is 13.2 Å². The molecule has 31 heavy (non-hydrogen) atoms. The minimum absolute atomic E-state index is 0.0605. The number of nitrogens with zero attached hydrogens (tertiary/aromatic N) is 1. The van der Waals surface area contributed by atoms with E-state index in [1.54, 1.807) is 13.0 Å². The second-order valence-electron chi connectivity index (χ2n) is 7.92. The number of carbonyl (C=O) groups excluding carboxylic acids is 1. The number of hydrogen-bond acceptors (Lipinski definition) is 3. The highest BCUT2D eigenvalue weighted by Gasteiger charge is 2.30. The molecule has 8 heteroatoms. The van der Waals surface area contributed by atoms with Gasteiger partial charge in [-0.3, -0.25) is 9.69 Å².